The van der Waals surface area contributed by atoms with Crippen LogP contribution < -0.4 is 0 Å². The third kappa shape index (κ3) is 3.58. The molecule has 4 heteroatoms. The molecule has 1 aliphatic carbocycles. The topological polar surface area (TPSA) is 25.8 Å². The van der Waals surface area contributed by atoms with E-state index in [0.717, 1.165) is 22.2 Å². The molecular weight excluding hydrogens is 300 g/mol. The van der Waals surface area contributed by atoms with Crippen LogP contribution in [-0.4, -0.2) is 9.97 Å². The van der Waals surface area contributed by atoms with E-state index in [0.29, 0.717) is 11.1 Å². The number of hydrogen-bond acceptors (Lipinski definition) is 3. The Kier molecular flexibility index (Phi) is 4.23. The first-order valence-electron chi connectivity index (χ1n) is 7.27. The molecule has 110 valence electrons. The zero-order chi connectivity index (χ0) is 15.0. The van der Waals surface area contributed by atoms with Crippen molar-refractivity contribution in [3.63, 3.8) is 0 Å². The third-order valence-electron chi connectivity index (χ3n) is 3.66. The highest BCUT2D eigenvalue weighted by Crippen LogP contribution is 2.40. The van der Waals surface area contributed by atoms with Crippen LogP contribution in [0.25, 0.3) is 0 Å². The minimum atomic E-state index is 0.531. The Labute approximate surface area is 135 Å². The van der Waals surface area contributed by atoms with Gasteiger partial charge in [-0.3, -0.25) is 0 Å². The minimum absolute atomic E-state index is 0.531. The van der Waals surface area contributed by atoms with Crippen LogP contribution in [0.2, 0.25) is 5.15 Å². The number of aryl methyl sites for hydroxylation is 2. The van der Waals surface area contributed by atoms with Crippen LogP contribution in [0.3, 0.4) is 0 Å². The van der Waals surface area contributed by atoms with Gasteiger partial charge in [-0.15, -0.1) is 11.8 Å². The van der Waals surface area contributed by atoms with E-state index in [-0.39, 0.29) is 0 Å². The second-order valence-corrected chi connectivity index (χ2v) is 7.18. The van der Waals surface area contributed by atoms with Crippen molar-refractivity contribution in [1.82, 2.24) is 9.97 Å². The summed E-state index contributed by atoms with van der Waals surface area (Å²) in [5, 5.41) is 1.63. The lowest BCUT2D eigenvalue weighted by atomic mass is 10.1. The van der Waals surface area contributed by atoms with Crippen molar-refractivity contribution >= 4 is 23.4 Å². The van der Waals surface area contributed by atoms with E-state index < -0.39 is 0 Å². The highest BCUT2D eigenvalue weighted by Gasteiger charge is 2.28. The van der Waals surface area contributed by atoms with Crippen molar-refractivity contribution in [2.45, 2.75) is 50.3 Å². The van der Waals surface area contributed by atoms with Crippen molar-refractivity contribution in [2.75, 3.05) is 0 Å². The number of rotatable bonds is 4. The first kappa shape index (κ1) is 14.9. The van der Waals surface area contributed by atoms with Crippen LogP contribution in [0, 0.1) is 20.8 Å². The van der Waals surface area contributed by atoms with Crippen LogP contribution in [0.4, 0.5) is 0 Å². The SMILES string of the molecule is Cc1cc(C)cc(CSc2nc(C3CC3)nc(Cl)c2C)c1. The summed E-state index contributed by atoms with van der Waals surface area (Å²) in [6.07, 6.45) is 2.39. The molecule has 0 saturated heterocycles. The number of benzene rings is 1. The summed E-state index contributed by atoms with van der Waals surface area (Å²) in [7, 11) is 0. The fraction of sp³-hybridized carbons (Fsp3) is 0.412. The van der Waals surface area contributed by atoms with E-state index in [1.54, 1.807) is 11.8 Å². The average molecular weight is 319 g/mol. The van der Waals surface area contributed by atoms with Gasteiger partial charge in [0.25, 0.3) is 0 Å². The molecule has 0 spiro atoms. The van der Waals surface area contributed by atoms with Gasteiger partial charge >= 0.3 is 0 Å². The van der Waals surface area contributed by atoms with E-state index in [1.807, 2.05) is 6.92 Å². The van der Waals surface area contributed by atoms with E-state index in [4.69, 9.17) is 16.6 Å². The standard InChI is InChI=1S/C17H19ClN2S/c1-10-6-11(2)8-13(7-10)9-21-17-12(3)15(18)19-16(20-17)14-4-5-14/h6-8,14H,4-5,9H2,1-3H3. The molecule has 1 fully saturated rings. The first-order valence-corrected chi connectivity index (χ1v) is 8.63. The van der Waals surface area contributed by atoms with Crippen molar-refractivity contribution in [2.24, 2.45) is 0 Å². The number of nitrogens with zero attached hydrogens (tertiary/aromatic N) is 2. The highest BCUT2D eigenvalue weighted by molar-refractivity contribution is 7.98. The van der Waals surface area contributed by atoms with E-state index in [2.05, 4.69) is 37.0 Å². The second-order valence-electron chi connectivity index (χ2n) is 5.86. The summed E-state index contributed by atoms with van der Waals surface area (Å²) in [6.45, 7) is 6.28. The molecule has 2 aromatic rings. The summed E-state index contributed by atoms with van der Waals surface area (Å²) in [5.74, 6) is 2.37. The van der Waals surface area contributed by atoms with E-state index >= 15 is 0 Å². The monoisotopic (exact) mass is 318 g/mol. The van der Waals surface area contributed by atoms with Gasteiger partial charge in [-0.1, -0.05) is 40.9 Å². The lowest BCUT2D eigenvalue weighted by Gasteiger charge is -2.09. The molecule has 1 aromatic carbocycles. The van der Waals surface area contributed by atoms with Gasteiger partial charge in [0, 0.05) is 17.2 Å². The minimum Gasteiger partial charge on any atom is -0.226 e. The van der Waals surface area contributed by atoms with Gasteiger partial charge in [-0.2, -0.15) is 0 Å². The Balaban J connectivity index is 1.80. The van der Waals surface area contributed by atoms with Gasteiger partial charge in [0.05, 0.1) is 0 Å². The Morgan fingerprint density at radius 2 is 1.76 bits per heavy atom. The summed E-state index contributed by atoms with van der Waals surface area (Å²) < 4.78 is 0. The molecule has 1 saturated carbocycles. The fourth-order valence-corrected chi connectivity index (χ4v) is 3.63. The first-order chi connectivity index (χ1) is 10.0. The fourth-order valence-electron chi connectivity index (χ4n) is 2.45. The van der Waals surface area contributed by atoms with Crippen LogP contribution in [0.15, 0.2) is 23.2 Å². The molecule has 0 N–H and O–H groups in total. The summed E-state index contributed by atoms with van der Waals surface area (Å²) in [5.41, 5.74) is 4.94. The average Bonchev–Trinajstić information content (AvgIpc) is 3.23. The number of thioether (sulfide) groups is 1. The van der Waals surface area contributed by atoms with Crippen molar-refractivity contribution < 1.29 is 0 Å². The van der Waals surface area contributed by atoms with Crippen molar-refractivity contribution in [3.05, 3.63) is 51.4 Å². The lowest BCUT2D eigenvalue weighted by molar-refractivity contribution is 0.862. The van der Waals surface area contributed by atoms with Crippen LogP contribution in [0.5, 0.6) is 0 Å². The summed E-state index contributed by atoms with van der Waals surface area (Å²) in [4.78, 5) is 9.14. The Morgan fingerprint density at radius 1 is 1.10 bits per heavy atom. The van der Waals surface area contributed by atoms with Crippen molar-refractivity contribution in [3.8, 4) is 0 Å². The lowest BCUT2D eigenvalue weighted by Crippen LogP contribution is -1.99. The molecule has 0 amide bonds. The zero-order valence-electron chi connectivity index (χ0n) is 12.6. The Bertz CT molecular complexity index is 660. The normalized spacial score (nSPS) is 14.5. The van der Waals surface area contributed by atoms with Gasteiger partial charge in [0.1, 0.15) is 16.0 Å². The summed E-state index contributed by atoms with van der Waals surface area (Å²) in [6, 6.07) is 6.67. The quantitative estimate of drug-likeness (QED) is 0.570. The molecule has 2 nitrogen and oxygen atoms in total. The van der Waals surface area contributed by atoms with E-state index in [9.17, 15) is 0 Å². The van der Waals surface area contributed by atoms with Crippen LogP contribution >= 0.6 is 23.4 Å². The van der Waals surface area contributed by atoms with E-state index in [1.165, 1.54) is 29.5 Å². The molecule has 21 heavy (non-hydrogen) atoms. The van der Waals surface area contributed by atoms with Gasteiger partial charge < -0.3 is 0 Å². The maximum Gasteiger partial charge on any atom is 0.136 e. The van der Waals surface area contributed by atoms with Crippen LogP contribution in [-0.2, 0) is 5.75 Å². The summed E-state index contributed by atoms with van der Waals surface area (Å²) >= 11 is 8.01. The molecule has 1 aromatic heterocycles. The molecule has 0 aliphatic heterocycles. The largest absolute Gasteiger partial charge is 0.226 e. The predicted molar refractivity (Wildman–Crippen MR) is 89.2 cm³/mol. The molecule has 1 heterocycles. The molecule has 0 atom stereocenters. The second kappa shape index (κ2) is 5.98. The zero-order valence-corrected chi connectivity index (χ0v) is 14.2. The number of aromatic nitrogens is 2. The van der Waals surface area contributed by atoms with Gasteiger partial charge in [0.15, 0.2) is 0 Å². The van der Waals surface area contributed by atoms with Gasteiger partial charge in [0.2, 0.25) is 0 Å². The smallest absolute Gasteiger partial charge is 0.136 e. The maximum absolute atomic E-state index is 6.26. The molecule has 0 unspecified atom stereocenters. The molecule has 0 bridgehead atoms. The highest BCUT2D eigenvalue weighted by atomic mass is 35.5. The predicted octanol–water partition coefficient (Wildman–Crippen LogP) is 5.22. The van der Waals surface area contributed by atoms with Crippen LogP contribution in [0.1, 0.15) is 46.8 Å². The Hall–Kier alpha value is -1.06. The molecule has 0 radical (unpaired) electrons. The third-order valence-corrected chi connectivity index (χ3v) is 5.18. The maximum atomic E-state index is 6.26. The Morgan fingerprint density at radius 3 is 2.38 bits per heavy atom. The van der Waals surface area contributed by atoms with Crippen molar-refractivity contribution in [1.29, 1.82) is 0 Å². The molecule has 1 aliphatic rings. The van der Waals surface area contributed by atoms with Gasteiger partial charge in [-0.05, 0) is 39.2 Å². The molecular formula is C17H19ClN2S. The number of hydrogen-bond donors (Lipinski definition) is 0. The number of halogens is 1. The van der Waals surface area contributed by atoms with Gasteiger partial charge in [-0.25, -0.2) is 9.97 Å². The molecule has 3 rings (SSSR count).